The topological polar surface area (TPSA) is 52.7 Å². The lowest BCUT2D eigenvalue weighted by Crippen LogP contribution is -2.73. The standard InChI is InChI=1S/C27H39N3O2/c1-4-17-30-25(31)24(21-22(2)3)28-26(32)27(30)15-19-29(20-16-27)18-11-6-5-8-12-23-13-9-7-10-14-23/h1,7,9-10,13-14,22,24H,5-6,8,11-12,15-21H2,2-3H3,(H,28,32)/t24-/m0/s1. The average Bonchev–Trinajstić information content (AvgIpc) is 2.79. The van der Waals surface area contributed by atoms with Crippen LogP contribution >= 0.6 is 0 Å². The maximum absolute atomic E-state index is 13.2. The van der Waals surface area contributed by atoms with Crippen LogP contribution in [0.2, 0.25) is 0 Å². The number of rotatable bonds is 10. The van der Waals surface area contributed by atoms with Crippen LogP contribution in [-0.2, 0) is 16.0 Å². The number of aryl methyl sites for hydroxylation is 1. The quantitative estimate of drug-likeness (QED) is 0.449. The van der Waals surface area contributed by atoms with Crippen LogP contribution in [0.1, 0.15) is 64.4 Å². The van der Waals surface area contributed by atoms with Crippen molar-refractivity contribution in [1.82, 2.24) is 15.1 Å². The minimum absolute atomic E-state index is 0.0110. The minimum Gasteiger partial charge on any atom is -0.342 e. The summed E-state index contributed by atoms with van der Waals surface area (Å²) in [5.41, 5.74) is 0.643. The molecule has 1 N–H and O–H groups in total. The summed E-state index contributed by atoms with van der Waals surface area (Å²) in [5.74, 6) is 2.93. The molecular weight excluding hydrogens is 398 g/mol. The second-order valence-electron chi connectivity index (χ2n) is 9.81. The van der Waals surface area contributed by atoms with Gasteiger partial charge in [-0.15, -0.1) is 6.42 Å². The number of benzene rings is 1. The zero-order chi connectivity index (χ0) is 23.0. The van der Waals surface area contributed by atoms with Crippen LogP contribution in [0.4, 0.5) is 0 Å². The SMILES string of the molecule is C#CCN1C(=O)[C@H](CC(C)C)NC(=O)C12CCN(CCCCCCc1ccccc1)CC2. The third-order valence-corrected chi connectivity index (χ3v) is 6.98. The number of likely N-dealkylation sites (tertiary alicyclic amines) is 1. The second kappa shape index (κ2) is 11.5. The van der Waals surface area contributed by atoms with Crippen molar-refractivity contribution >= 4 is 11.8 Å². The van der Waals surface area contributed by atoms with Gasteiger partial charge in [0.05, 0.1) is 6.54 Å². The highest BCUT2D eigenvalue weighted by Gasteiger charge is 2.53. The van der Waals surface area contributed by atoms with Crippen LogP contribution in [0.3, 0.4) is 0 Å². The molecule has 2 heterocycles. The smallest absolute Gasteiger partial charge is 0.246 e. The number of hydrogen-bond acceptors (Lipinski definition) is 3. The first-order valence-electron chi connectivity index (χ1n) is 12.3. The normalized spacial score (nSPS) is 21.1. The summed E-state index contributed by atoms with van der Waals surface area (Å²) in [6.07, 6.45) is 13.6. The van der Waals surface area contributed by atoms with E-state index in [1.54, 1.807) is 4.90 Å². The highest BCUT2D eigenvalue weighted by Crippen LogP contribution is 2.33. The monoisotopic (exact) mass is 437 g/mol. The molecule has 0 radical (unpaired) electrons. The van der Waals surface area contributed by atoms with Crippen molar-refractivity contribution in [3.05, 3.63) is 35.9 Å². The van der Waals surface area contributed by atoms with E-state index in [9.17, 15) is 9.59 Å². The molecule has 32 heavy (non-hydrogen) atoms. The van der Waals surface area contributed by atoms with E-state index in [-0.39, 0.29) is 18.4 Å². The first kappa shape index (κ1) is 24.3. The number of terminal acetylenes is 1. The van der Waals surface area contributed by atoms with Gasteiger partial charge in [-0.3, -0.25) is 9.59 Å². The van der Waals surface area contributed by atoms with Gasteiger partial charge in [-0.25, -0.2) is 0 Å². The number of hydrogen-bond donors (Lipinski definition) is 1. The molecule has 3 rings (SSSR count). The number of carbonyl (C=O) groups is 2. The average molecular weight is 438 g/mol. The molecule has 1 atom stereocenters. The molecule has 2 amide bonds. The van der Waals surface area contributed by atoms with Crippen molar-refractivity contribution < 1.29 is 9.59 Å². The van der Waals surface area contributed by atoms with Crippen LogP contribution in [0.15, 0.2) is 30.3 Å². The van der Waals surface area contributed by atoms with Crippen molar-refractivity contribution in [2.45, 2.75) is 76.8 Å². The van der Waals surface area contributed by atoms with E-state index >= 15 is 0 Å². The predicted octanol–water partition coefficient (Wildman–Crippen LogP) is 3.63. The molecule has 1 spiro atoms. The first-order valence-corrected chi connectivity index (χ1v) is 12.3. The van der Waals surface area contributed by atoms with Crippen molar-refractivity contribution in [1.29, 1.82) is 0 Å². The summed E-state index contributed by atoms with van der Waals surface area (Å²) >= 11 is 0. The van der Waals surface area contributed by atoms with Gasteiger partial charge in [0.2, 0.25) is 11.8 Å². The minimum atomic E-state index is -0.775. The zero-order valence-electron chi connectivity index (χ0n) is 19.8. The number of nitrogens with one attached hydrogen (secondary N) is 1. The number of nitrogens with zero attached hydrogens (tertiary/aromatic N) is 2. The Bertz CT molecular complexity index is 791. The van der Waals surface area contributed by atoms with Gasteiger partial charge in [-0.05, 0) is 56.6 Å². The van der Waals surface area contributed by atoms with Crippen molar-refractivity contribution in [2.75, 3.05) is 26.2 Å². The lowest BCUT2D eigenvalue weighted by molar-refractivity contribution is -0.160. The Balaban J connectivity index is 1.45. The number of piperazine rings is 1. The van der Waals surface area contributed by atoms with E-state index in [4.69, 9.17) is 6.42 Å². The van der Waals surface area contributed by atoms with E-state index in [0.29, 0.717) is 25.2 Å². The van der Waals surface area contributed by atoms with Crippen LogP contribution < -0.4 is 5.32 Å². The van der Waals surface area contributed by atoms with E-state index < -0.39 is 11.6 Å². The van der Waals surface area contributed by atoms with Gasteiger partial charge in [0.15, 0.2) is 0 Å². The van der Waals surface area contributed by atoms with Crippen molar-refractivity contribution in [3.63, 3.8) is 0 Å². The number of carbonyl (C=O) groups excluding carboxylic acids is 2. The van der Waals surface area contributed by atoms with Gasteiger partial charge in [-0.1, -0.05) is 62.9 Å². The second-order valence-corrected chi connectivity index (χ2v) is 9.81. The number of amides is 2. The van der Waals surface area contributed by atoms with Crippen molar-refractivity contribution in [2.24, 2.45) is 5.92 Å². The molecule has 0 unspecified atom stereocenters. The fourth-order valence-corrected chi connectivity index (χ4v) is 5.13. The van der Waals surface area contributed by atoms with E-state index in [2.05, 4.69) is 60.3 Å². The molecule has 0 aromatic heterocycles. The molecule has 0 saturated carbocycles. The Morgan fingerprint density at radius 2 is 1.78 bits per heavy atom. The van der Waals surface area contributed by atoms with E-state index in [1.807, 2.05) is 0 Å². The summed E-state index contributed by atoms with van der Waals surface area (Å²) in [7, 11) is 0. The molecular formula is C27H39N3O2. The highest BCUT2D eigenvalue weighted by molar-refractivity contribution is 6.00. The van der Waals surface area contributed by atoms with E-state index in [0.717, 1.165) is 26.1 Å². The third-order valence-electron chi connectivity index (χ3n) is 6.98. The Kier molecular flexibility index (Phi) is 8.75. The Hall–Kier alpha value is -2.32. The fourth-order valence-electron chi connectivity index (χ4n) is 5.13. The molecule has 1 aromatic rings. The molecule has 0 bridgehead atoms. The highest BCUT2D eigenvalue weighted by atomic mass is 16.2. The number of piperidine rings is 1. The molecule has 0 aliphatic carbocycles. The van der Waals surface area contributed by atoms with Crippen LogP contribution in [0.25, 0.3) is 0 Å². The summed E-state index contributed by atoms with van der Waals surface area (Å²) in [6.45, 7) is 7.07. The number of unbranched alkanes of at least 4 members (excludes halogenated alkanes) is 3. The van der Waals surface area contributed by atoms with Gasteiger partial charge in [0, 0.05) is 13.1 Å². The van der Waals surface area contributed by atoms with Crippen LogP contribution in [-0.4, -0.2) is 59.4 Å². The zero-order valence-corrected chi connectivity index (χ0v) is 19.8. The maximum atomic E-state index is 13.2. The first-order chi connectivity index (χ1) is 15.5. The molecule has 174 valence electrons. The van der Waals surface area contributed by atoms with Gasteiger partial charge < -0.3 is 15.1 Å². The molecule has 1 aromatic carbocycles. The fraction of sp³-hybridized carbons (Fsp3) is 0.630. The Morgan fingerprint density at radius 1 is 1.09 bits per heavy atom. The molecule has 2 aliphatic rings. The Morgan fingerprint density at radius 3 is 2.44 bits per heavy atom. The Labute approximate surface area is 193 Å². The summed E-state index contributed by atoms with van der Waals surface area (Å²) in [4.78, 5) is 30.4. The molecule has 5 nitrogen and oxygen atoms in total. The summed E-state index contributed by atoms with van der Waals surface area (Å²) in [5, 5.41) is 3.02. The third kappa shape index (κ3) is 5.92. The maximum Gasteiger partial charge on any atom is 0.246 e. The van der Waals surface area contributed by atoms with Gasteiger partial charge >= 0.3 is 0 Å². The summed E-state index contributed by atoms with van der Waals surface area (Å²) in [6, 6.07) is 10.2. The molecule has 2 fully saturated rings. The summed E-state index contributed by atoms with van der Waals surface area (Å²) < 4.78 is 0. The lowest BCUT2D eigenvalue weighted by atomic mass is 9.81. The predicted molar refractivity (Wildman–Crippen MR) is 129 cm³/mol. The van der Waals surface area contributed by atoms with E-state index in [1.165, 1.54) is 31.2 Å². The van der Waals surface area contributed by atoms with Gasteiger partial charge in [-0.2, -0.15) is 0 Å². The molecule has 5 heteroatoms. The van der Waals surface area contributed by atoms with Crippen LogP contribution in [0.5, 0.6) is 0 Å². The lowest BCUT2D eigenvalue weighted by Gasteiger charge is -2.51. The van der Waals surface area contributed by atoms with Gasteiger partial charge in [0.25, 0.3) is 0 Å². The van der Waals surface area contributed by atoms with Gasteiger partial charge in [0.1, 0.15) is 11.6 Å². The van der Waals surface area contributed by atoms with Crippen LogP contribution in [0, 0.1) is 18.3 Å². The van der Waals surface area contributed by atoms with Crippen molar-refractivity contribution in [3.8, 4) is 12.3 Å². The molecule has 2 saturated heterocycles. The largest absolute Gasteiger partial charge is 0.342 e. The molecule has 2 aliphatic heterocycles.